The van der Waals surface area contributed by atoms with E-state index in [0.717, 1.165) is 36.8 Å². The van der Waals surface area contributed by atoms with Gasteiger partial charge in [-0.3, -0.25) is 14.3 Å². The van der Waals surface area contributed by atoms with Gasteiger partial charge in [0.25, 0.3) is 5.56 Å². The fourth-order valence-electron chi connectivity index (χ4n) is 8.27. The van der Waals surface area contributed by atoms with E-state index in [1.54, 1.807) is 0 Å². The van der Waals surface area contributed by atoms with Crippen LogP contribution in [0.15, 0.2) is 53.8 Å². The van der Waals surface area contributed by atoms with Crippen molar-refractivity contribution in [3.8, 4) is 5.69 Å². The Bertz CT molecular complexity index is 1440. The topological polar surface area (TPSA) is 38.1 Å². The third kappa shape index (κ3) is 3.82. The maximum Gasteiger partial charge on any atom is 0.282 e. The minimum Gasteiger partial charge on any atom is -0.300 e. The summed E-state index contributed by atoms with van der Waals surface area (Å²) in [6, 6.07) is 13.8. The first-order chi connectivity index (χ1) is 18.6. The number of piperidine rings is 1. The second kappa shape index (κ2) is 9.64. The molecule has 1 aromatic heterocycles. The highest BCUT2D eigenvalue weighted by Gasteiger charge is 2.46. The second-order valence-electron chi connectivity index (χ2n) is 12.3. The van der Waals surface area contributed by atoms with E-state index in [9.17, 15) is 4.79 Å². The lowest BCUT2D eigenvalue weighted by Crippen LogP contribution is -2.43. The normalized spacial score (nSPS) is 26.8. The molecule has 2 aromatic carbocycles. The van der Waals surface area contributed by atoms with E-state index in [4.69, 9.17) is 16.6 Å². The Morgan fingerprint density at radius 3 is 2.61 bits per heavy atom. The molecular formula is C33H38ClN3O. The van der Waals surface area contributed by atoms with Crippen molar-refractivity contribution in [2.45, 2.75) is 88.0 Å². The molecule has 1 unspecified atom stereocenters. The first-order valence-electron chi connectivity index (χ1n) is 14.8. The molecule has 3 heterocycles. The summed E-state index contributed by atoms with van der Waals surface area (Å²) >= 11 is 6.57. The summed E-state index contributed by atoms with van der Waals surface area (Å²) in [6.45, 7) is 6.41. The van der Waals surface area contributed by atoms with E-state index in [-0.39, 0.29) is 11.0 Å². The molecule has 1 atom stereocenters. The third-order valence-electron chi connectivity index (χ3n) is 10.3. The van der Waals surface area contributed by atoms with Gasteiger partial charge in [-0.05, 0) is 99.1 Å². The lowest BCUT2D eigenvalue weighted by Gasteiger charge is -2.41. The molecule has 1 saturated heterocycles. The van der Waals surface area contributed by atoms with Crippen molar-refractivity contribution in [3.05, 3.63) is 81.4 Å². The van der Waals surface area contributed by atoms with Crippen molar-refractivity contribution >= 4 is 22.5 Å². The highest BCUT2D eigenvalue weighted by molar-refractivity contribution is 6.35. The van der Waals surface area contributed by atoms with Gasteiger partial charge >= 0.3 is 0 Å². The number of allylic oxidation sites excluding steroid dienone is 1. The van der Waals surface area contributed by atoms with E-state index in [0.29, 0.717) is 22.2 Å². The molecule has 3 aromatic rings. The standard InChI is InChI=1S/C33H38ClN3O/c1-2-22-11-14-25(15-12-22)36-19-7-8-24(21-36)23-13-16-26-29(20-23)37-28-10-6-9-27(34)30(28)31(38)35-32(37)33(26)17-4-3-5-18-33/h2,6,9-10,13,16,20,22,24-25H,1,3-5,7-8,11-12,14-15,17-19,21H2. The Hall–Kier alpha value is -2.43. The molecule has 198 valence electrons. The van der Waals surface area contributed by atoms with E-state index < -0.39 is 0 Å². The average molecular weight is 528 g/mol. The Balaban J connectivity index is 1.29. The number of rotatable bonds is 3. The number of aromatic nitrogens is 2. The van der Waals surface area contributed by atoms with Crippen molar-refractivity contribution in [1.29, 1.82) is 0 Å². The summed E-state index contributed by atoms with van der Waals surface area (Å²) in [5.74, 6) is 2.19. The third-order valence-corrected chi connectivity index (χ3v) is 10.6. The summed E-state index contributed by atoms with van der Waals surface area (Å²) in [5, 5.41) is 1.03. The van der Waals surface area contributed by atoms with Gasteiger partial charge in [0, 0.05) is 12.6 Å². The summed E-state index contributed by atoms with van der Waals surface area (Å²) in [7, 11) is 0. The number of fused-ring (bicyclic) bond motifs is 7. The van der Waals surface area contributed by atoms with Gasteiger partial charge in [0.15, 0.2) is 0 Å². The van der Waals surface area contributed by atoms with Gasteiger partial charge in [0.1, 0.15) is 5.82 Å². The molecule has 0 amide bonds. The molecule has 3 fully saturated rings. The van der Waals surface area contributed by atoms with Crippen LogP contribution < -0.4 is 5.56 Å². The van der Waals surface area contributed by atoms with Gasteiger partial charge in [-0.25, -0.2) is 0 Å². The molecule has 2 aliphatic heterocycles. The first kappa shape index (κ1) is 24.6. The van der Waals surface area contributed by atoms with Gasteiger partial charge in [-0.2, -0.15) is 4.98 Å². The predicted molar refractivity (Wildman–Crippen MR) is 156 cm³/mol. The van der Waals surface area contributed by atoms with Gasteiger partial charge in [-0.15, -0.1) is 6.58 Å². The minimum absolute atomic E-state index is 0.163. The van der Waals surface area contributed by atoms with Crippen molar-refractivity contribution in [1.82, 2.24) is 14.5 Å². The molecule has 2 saturated carbocycles. The number of hydrogen-bond donors (Lipinski definition) is 0. The van der Waals surface area contributed by atoms with Gasteiger partial charge in [0.2, 0.25) is 0 Å². The lowest BCUT2D eigenvalue weighted by atomic mass is 9.69. The van der Waals surface area contributed by atoms with E-state index in [2.05, 4.69) is 40.3 Å². The molecule has 4 nitrogen and oxygen atoms in total. The monoisotopic (exact) mass is 527 g/mol. The first-order valence-corrected chi connectivity index (χ1v) is 15.2. The number of hydrogen-bond acceptors (Lipinski definition) is 3. The zero-order chi connectivity index (χ0) is 25.9. The van der Waals surface area contributed by atoms with Crippen LogP contribution >= 0.6 is 11.6 Å². The minimum atomic E-state index is -0.191. The van der Waals surface area contributed by atoms with Crippen LogP contribution in [0.5, 0.6) is 0 Å². The van der Waals surface area contributed by atoms with Crippen LogP contribution in [0.3, 0.4) is 0 Å². The van der Waals surface area contributed by atoms with E-state index >= 15 is 0 Å². The highest BCUT2D eigenvalue weighted by atomic mass is 35.5. The molecule has 4 aliphatic rings. The van der Waals surface area contributed by atoms with Crippen LogP contribution in [-0.4, -0.2) is 33.6 Å². The van der Waals surface area contributed by atoms with Gasteiger partial charge < -0.3 is 0 Å². The van der Waals surface area contributed by atoms with E-state index in [1.165, 1.54) is 81.1 Å². The predicted octanol–water partition coefficient (Wildman–Crippen LogP) is 7.53. The molecule has 0 N–H and O–H groups in total. The summed E-state index contributed by atoms with van der Waals surface area (Å²) in [6.07, 6.45) is 15.6. The van der Waals surface area contributed by atoms with Crippen LogP contribution in [0, 0.1) is 5.92 Å². The Morgan fingerprint density at radius 1 is 1.00 bits per heavy atom. The van der Waals surface area contributed by atoms with Crippen LogP contribution in [0.1, 0.15) is 93.5 Å². The van der Waals surface area contributed by atoms with Crippen molar-refractivity contribution in [3.63, 3.8) is 0 Å². The molecule has 2 aliphatic carbocycles. The summed E-state index contributed by atoms with van der Waals surface area (Å²) in [5.41, 5.74) is 4.56. The van der Waals surface area contributed by atoms with Crippen LogP contribution in [0.4, 0.5) is 0 Å². The maximum absolute atomic E-state index is 13.3. The zero-order valence-corrected chi connectivity index (χ0v) is 23.1. The average Bonchev–Trinajstić information content (AvgIpc) is 3.21. The van der Waals surface area contributed by atoms with Gasteiger partial charge in [0.05, 0.1) is 27.0 Å². The van der Waals surface area contributed by atoms with Crippen molar-refractivity contribution in [2.24, 2.45) is 5.92 Å². The number of nitrogens with zero attached hydrogens (tertiary/aromatic N) is 3. The second-order valence-corrected chi connectivity index (χ2v) is 12.7. The number of likely N-dealkylation sites (tertiary alicyclic amines) is 1. The number of benzene rings is 2. The lowest BCUT2D eigenvalue weighted by molar-refractivity contribution is 0.111. The zero-order valence-electron chi connectivity index (χ0n) is 22.3. The molecule has 5 heteroatoms. The van der Waals surface area contributed by atoms with Crippen molar-refractivity contribution in [2.75, 3.05) is 13.1 Å². The van der Waals surface area contributed by atoms with Crippen molar-refractivity contribution < 1.29 is 0 Å². The Morgan fingerprint density at radius 2 is 1.82 bits per heavy atom. The fraction of sp³-hybridized carbons (Fsp3) is 0.515. The van der Waals surface area contributed by atoms with Crippen LogP contribution in [-0.2, 0) is 5.41 Å². The smallest absolute Gasteiger partial charge is 0.282 e. The Labute approximate surface area is 230 Å². The highest BCUT2D eigenvalue weighted by Crippen LogP contribution is 2.52. The molecule has 0 radical (unpaired) electrons. The quantitative estimate of drug-likeness (QED) is 0.330. The molecule has 7 rings (SSSR count). The van der Waals surface area contributed by atoms with Crippen LogP contribution in [0.25, 0.3) is 16.6 Å². The molecule has 38 heavy (non-hydrogen) atoms. The van der Waals surface area contributed by atoms with Gasteiger partial charge in [-0.1, -0.05) is 55.1 Å². The van der Waals surface area contributed by atoms with Crippen LogP contribution in [0.2, 0.25) is 5.02 Å². The maximum atomic E-state index is 13.3. The fourth-order valence-corrected chi connectivity index (χ4v) is 8.52. The molecule has 1 spiro atoms. The number of halogens is 1. The SMILES string of the molecule is C=CC1CCC(N2CCCC(c3ccc4c(c3)-n3c(nc(=O)c5c(Cl)cccc53)C43CCCCC3)C2)CC1. The Kier molecular flexibility index (Phi) is 6.24. The summed E-state index contributed by atoms with van der Waals surface area (Å²) < 4.78 is 2.30. The molecule has 0 bridgehead atoms. The summed E-state index contributed by atoms with van der Waals surface area (Å²) in [4.78, 5) is 20.8. The molecular weight excluding hydrogens is 490 g/mol. The largest absolute Gasteiger partial charge is 0.300 e. The van der Waals surface area contributed by atoms with E-state index in [1.807, 2.05) is 18.2 Å².